The fourth-order valence-electron chi connectivity index (χ4n) is 4.93. The highest BCUT2D eigenvalue weighted by atomic mass is 16.5. The predicted octanol–water partition coefficient (Wildman–Crippen LogP) is 7.02. The molecule has 1 aliphatic heterocycles. The van der Waals surface area contributed by atoms with Gasteiger partial charge in [0.25, 0.3) is 5.91 Å². The summed E-state index contributed by atoms with van der Waals surface area (Å²) in [5, 5.41) is 8.98. The second-order valence-electron chi connectivity index (χ2n) is 10.1. The van der Waals surface area contributed by atoms with Crippen LogP contribution < -0.4 is 9.64 Å². The molecule has 3 aromatic rings. The summed E-state index contributed by atoms with van der Waals surface area (Å²) in [4.78, 5) is 26.1. The minimum Gasteiger partial charge on any atom is -0.486 e. The Hall–Kier alpha value is -3.60. The van der Waals surface area contributed by atoms with Crippen LogP contribution in [0.25, 0.3) is 0 Å². The van der Waals surface area contributed by atoms with Gasteiger partial charge in [0.05, 0.1) is 0 Å². The van der Waals surface area contributed by atoms with Crippen LogP contribution in [0.2, 0.25) is 0 Å². The van der Waals surface area contributed by atoms with Gasteiger partial charge < -0.3 is 14.7 Å². The van der Waals surface area contributed by atoms with Crippen LogP contribution in [0.4, 0.5) is 5.69 Å². The minimum absolute atomic E-state index is 0.0523. The standard InChI is InChI=1S/C31H35NO4/c1-21(2)19-23-11-13-24(14-12-23)22(3)36-27-17-15-25(16-18-27)31(35)32-20-26(7-6-10-30(33)34)28-8-4-5-9-29(28)32/h4-5,8-9,11-18,21-22,26H,6-7,10,19-20H2,1-3H3,(H,33,34). The lowest BCUT2D eigenvalue weighted by Gasteiger charge is -2.19. The molecule has 1 heterocycles. The number of nitrogens with zero attached hydrogens (tertiary/aromatic N) is 1. The van der Waals surface area contributed by atoms with Crippen molar-refractivity contribution in [3.05, 3.63) is 95.1 Å². The molecule has 0 fully saturated rings. The number of rotatable bonds is 10. The first-order valence-corrected chi connectivity index (χ1v) is 12.8. The molecule has 0 aliphatic carbocycles. The van der Waals surface area contributed by atoms with Crippen molar-refractivity contribution in [2.45, 2.75) is 58.5 Å². The number of fused-ring (bicyclic) bond motifs is 1. The molecule has 1 N–H and O–H groups in total. The van der Waals surface area contributed by atoms with Crippen LogP contribution in [0.5, 0.6) is 5.75 Å². The molecule has 0 saturated carbocycles. The number of benzene rings is 3. The zero-order valence-corrected chi connectivity index (χ0v) is 21.3. The van der Waals surface area contributed by atoms with E-state index < -0.39 is 5.97 Å². The molecule has 0 aromatic heterocycles. The van der Waals surface area contributed by atoms with Gasteiger partial charge in [-0.05, 0) is 79.1 Å². The second-order valence-corrected chi connectivity index (χ2v) is 10.1. The molecule has 5 nitrogen and oxygen atoms in total. The number of amides is 1. The average Bonchev–Trinajstić information content (AvgIpc) is 3.22. The van der Waals surface area contributed by atoms with Gasteiger partial charge in [0.15, 0.2) is 0 Å². The topological polar surface area (TPSA) is 66.8 Å². The van der Waals surface area contributed by atoms with Crippen molar-refractivity contribution >= 4 is 17.6 Å². The number of carboxylic acids is 1. The van der Waals surface area contributed by atoms with Crippen molar-refractivity contribution in [3.8, 4) is 5.75 Å². The van der Waals surface area contributed by atoms with Crippen LogP contribution in [-0.2, 0) is 11.2 Å². The Bertz CT molecular complexity index is 1180. The average molecular weight is 486 g/mol. The summed E-state index contributed by atoms with van der Waals surface area (Å²) in [7, 11) is 0. The highest BCUT2D eigenvalue weighted by Gasteiger charge is 2.32. The third-order valence-electron chi connectivity index (χ3n) is 6.77. The van der Waals surface area contributed by atoms with Crippen molar-refractivity contribution in [3.63, 3.8) is 0 Å². The number of carbonyl (C=O) groups excluding carboxylic acids is 1. The molecule has 2 atom stereocenters. The number of carbonyl (C=O) groups is 2. The van der Waals surface area contributed by atoms with Gasteiger partial charge in [-0.3, -0.25) is 9.59 Å². The molecule has 188 valence electrons. The maximum atomic E-state index is 13.4. The van der Waals surface area contributed by atoms with E-state index in [0.717, 1.165) is 35.4 Å². The molecular weight excluding hydrogens is 450 g/mol. The summed E-state index contributed by atoms with van der Waals surface area (Å²) in [6.07, 6.45) is 2.46. The summed E-state index contributed by atoms with van der Waals surface area (Å²) < 4.78 is 6.15. The van der Waals surface area contributed by atoms with E-state index in [2.05, 4.69) is 38.1 Å². The maximum absolute atomic E-state index is 13.4. The number of hydrogen-bond donors (Lipinski definition) is 1. The molecule has 0 saturated heterocycles. The molecule has 5 heteroatoms. The van der Waals surface area contributed by atoms with E-state index in [1.54, 1.807) is 0 Å². The van der Waals surface area contributed by atoms with E-state index in [1.165, 1.54) is 5.56 Å². The summed E-state index contributed by atoms with van der Waals surface area (Å²) in [5.74, 6) is 0.665. The molecule has 36 heavy (non-hydrogen) atoms. The van der Waals surface area contributed by atoms with Crippen molar-refractivity contribution in [1.82, 2.24) is 0 Å². The number of hydrogen-bond acceptors (Lipinski definition) is 3. The lowest BCUT2D eigenvalue weighted by molar-refractivity contribution is -0.137. The van der Waals surface area contributed by atoms with Gasteiger partial charge >= 0.3 is 5.97 Å². The Labute approximate surface area is 213 Å². The molecule has 1 amide bonds. The number of ether oxygens (including phenoxy) is 1. The molecule has 4 rings (SSSR count). The van der Waals surface area contributed by atoms with Gasteiger partial charge in [-0.2, -0.15) is 0 Å². The molecular formula is C31H35NO4. The Kier molecular flexibility index (Phi) is 8.09. The van der Waals surface area contributed by atoms with Gasteiger partial charge in [-0.1, -0.05) is 56.3 Å². The molecule has 0 bridgehead atoms. The normalized spacial score (nSPS) is 15.6. The van der Waals surface area contributed by atoms with E-state index in [-0.39, 0.29) is 24.3 Å². The largest absolute Gasteiger partial charge is 0.486 e. The predicted molar refractivity (Wildman–Crippen MR) is 143 cm³/mol. The van der Waals surface area contributed by atoms with Gasteiger partial charge in [-0.25, -0.2) is 0 Å². The zero-order valence-electron chi connectivity index (χ0n) is 21.3. The van der Waals surface area contributed by atoms with Crippen molar-refractivity contribution < 1.29 is 19.4 Å². The quantitative estimate of drug-likeness (QED) is 0.335. The molecule has 2 unspecified atom stereocenters. The summed E-state index contributed by atoms with van der Waals surface area (Å²) >= 11 is 0. The monoisotopic (exact) mass is 485 g/mol. The summed E-state index contributed by atoms with van der Waals surface area (Å²) in [6.45, 7) is 7.04. The van der Waals surface area contributed by atoms with Crippen LogP contribution in [-0.4, -0.2) is 23.5 Å². The van der Waals surface area contributed by atoms with E-state index in [1.807, 2.05) is 60.4 Å². The van der Waals surface area contributed by atoms with E-state index in [0.29, 0.717) is 24.4 Å². The van der Waals surface area contributed by atoms with Crippen LogP contribution in [0.15, 0.2) is 72.8 Å². The number of para-hydroxylation sites is 1. The summed E-state index contributed by atoms with van der Waals surface area (Å²) in [5.41, 5.74) is 5.08. The highest BCUT2D eigenvalue weighted by Crippen LogP contribution is 2.39. The number of carboxylic acid groups (broad SMARTS) is 1. The second kappa shape index (κ2) is 11.4. The fourth-order valence-corrected chi connectivity index (χ4v) is 4.93. The third-order valence-corrected chi connectivity index (χ3v) is 6.77. The first kappa shape index (κ1) is 25.5. The van der Waals surface area contributed by atoms with Gasteiger partial charge in [0.2, 0.25) is 0 Å². The molecule has 1 aliphatic rings. The van der Waals surface area contributed by atoms with Crippen molar-refractivity contribution in [2.24, 2.45) is 5.92 Å². The fraction of sp³-hybridized carbons (Fsp3) is 0.355. The molecule has 0 spiro atoms. The Morgan fingerprint density at radius 1 is 0.972 bits per heavy atom. The summed E-state index contributed by atoms with van der Waals surface area (Å²) in [6, 6.07) is 23.8. The van der Waals surface area contributed by atoms with Crippen LogP contribution in [0, 0.1) is 5.92 Å². The van der Waals surface area contributed by atoms with Crippen LogP contribution in [0.3, 0.4) is 0 Å². The van der Waals surface area contributed by atoms with Crippen molar-refractivity contribution in [2.75, 3.05) is 11.4 Å². The van der Waals surface area contributed by atoms with E-state index in [4.69, 9.17) is 9.84 Å². The van der Waals surface area contributed by atoms with Gasteiger partial charge in [-0.15, -0.1) is 0 Å². The lowest BCUT2D eigenvalue weighted by Crippen LogP contribution is -2.29. The number of aliphatic carboxylic acids is 1. The zero-order chi connectivity index (χ0) is 25.7. The van der Waals surface area contributed by atoms with E-state index >= 15 is 0 Å². The van der Waals surface area contributed by atoms with Gasteiger partial charge in [0, 0.05) is 30.1 Å². The Morgan fingerprint density at radius 3 is 2.33 bits per heavy atom. The smallest absolute Gasteiger partial charge is 0.303 e. The Balaban J connectivity index is 1.40. The third kappa shape index (κ3) is 6.14. The van der Waals surface area contributed by atoms with Crippen LogP contribution in [0.1, 0.15) is 79.1 Å². The minimum atomic E-state index is -0.783. The van der Waals surface area contributed by atoms with E-state index in [9.17, 15) is 9.59 Å². The Morgan fingerprint density at radius 2 is 1.67 bits per heavy atom. The number of anilines is 1. The first-order valence-electron chi connectivity index (χ1n) is 12.8. The highest BCUT2D eigenvalue weighted by molar-refractivity contribution is 6.07. The molecule has 3 aromatic carbocycles. The maximum Gasteiger partial charge on any atom is 0.303 e. The SMILES string of the molecule is CC(C)Cc1ccc(C(C)Oc2ccc(C(=O)N3CC(CCCC(=O)O)c4ccccc43)cc2)cc1. The van der Waals surface area contributed by atoms with Gasteiger partial charge in [0.1, 0.15) is 11.9 Å². The van der Waals surface area contributed by atoms with Crippen LogP contribution >= 0.6 is 0 Å². The van der Waals surface area contributed by atoms with Crippen molar-refractivity contribution in [1.29, 1.82) is 0 Å². The lowest BCUT2D eigenvalue weighted by atomic mass is 9.95. The first-order chi connectivity index (χ1) is 17.3. The molecule has 0 radical (unpaired) electrons.